The molecule has 0 aromatic carbocycles. The zero-order chi connectivity index (χ0) is 11.2. The minimum atomic E-state index is 0.768. The Morgan fingerprint density at radius 3 is 3.06 bits per heavy atom. The summed E-state index contributed by atoms with van der Waals surface area (Å²) >= 11 is 3.27. The first-order valence-electron chi connectivity index (χ1n) is 5.28. The van der Waals surface area contributed by atoms with Gasteiger partial charge in [0.1, 0.15) is 11.6 Å². The van der Waals surface area contributed by atoms with Gasteiger partial charge < -0.3 is 14.7 Å². The van der Waals surface area contributed by atoms with E-state index in [-0.39, 0.29) is 0 Å². The number of nitrogens with zero attached hydrogens (tertiary/aromatic N) is 1. The van der Waals surface area contributed by atoms with Crippen molar-refractivity contribution in [2.24, 2.45) is 0 Å². The van der Waals surface area contributed by atoms with Crippen molar-refractivity contribution in [3.05, 3.63) is 40.8 Å². The molecule has 0 aliphatic heterocycles. The monoisotopic (exact) mass is 283 g/mol. The van der Waals surface area contributed by atoms with E-state index in [9.17, 15) is 0 Å². The van der Waals surface area contributed by atoms with Crippen molar-refractivity contribution in [3.63, 3.8) is 0 Å². The first-order valence-corrected chi connectivity index (χ1v) is 6.07. The summed E-state index contributed by atoms with van der Waals surface area (Å²) < 4.78 is 6.15. The fraction of sp³-hybridized carbons (Fsp3) is 0.364. The molecule has 0 amide bonds. The molecule has 2 aromatic heterocycles. The molecule has 0 unspecified atom stereocenters. The van der Waals surface area contributed by atoms with Gasteiger partial charge in [-0.15, -0.1) is 0 Å². The lowest BCUT2D eigenvalue weighted by Gasteiger charge is -2.01. The van der Waals surface area contributed by atoms with Gasteiger partial charge in [0.05, 0.1) is 6.54 Å². The fourth-order valence-electron chi connectivity index (χ4n) is 1.47. The Kier molecular flexibility index (Phi) is 4.18. The number of imidazole rings is 1. The molecule has 2 N–H and O–H groups in total. The second kappa shape index (κ2) is 5.86. The van der Waals surface area contributed by atoms with Crippen molar-refractivity contribution >= 4 is 15.9 Å². The summed E-state index contributed by atoms with van der Waals surface area (Å²) in [5.41, 5.74) is 0. The van der Waals surface area contributed by atoms with E-state index in [0.29, 0.717) is 0 Å². The van der Waals surface area contributed by atoms with Gasteiger partial charge >= 0.3 is 0 Å². The maximum absolute atomic E-state index is 5.37. The predicted molar refractivity (Wildman–Crippen MR) is 65.0 cm³/mol. The number of nitrogens with one attached hydrogen (secondary N) is 2. The van der Waals surface area contributed by atoms with Gasteiger partial charge in [0.25, 0.3) is 0 Å². The van der Waals surface area contributed by atoms with Gasteiger partial charge in [-0.05, 0) is 41.0 Å². The third kappa shape index (κ3) is 3.50. The van der Waals surface area contributed by atoms with Gasteiger partial charge in [0.15, 0.2) is 4.67 Å². The van der Waals surface area contributed by atoms with Crippen LogP contribution in [-0.4, -0.2) is 16.5 Å². The zero-order valence-corrected chi connectivity index (χ0v) is 10.5. The summed E-state index contributed by atoms with van der Waals surface area (Å²) in [6, 6.07) is 3.86. The van der Waals surface area contributed by atoms with Gasteiger partial charge in [-0.25, -0.2) is 4.98 Å². The molecule has 0 saturated carbocycles. The molecule has 0 saturated heterocycles. The minimum Gasteiger partial charge on any atom is -0.453 e. The Labute approximate surface area is 103 Å². The number of aryl methyl sites for hydroxylation is 1. The number of aromatic amines is 1. The van der Waals surface area contributed by atoms with Crippen LogP contribution in [0.15, 0.2) is 33.6 Å². The van der Waals surface area contributed by atoms with Crippen molar-refractivity contribution in [2.75, 3.05) is 6.54 Å². The van der Waals surface area contributed by atoms with E-state index in [0.717, 1.165) is 42.2 Å². The topological polar surface area (TPSA) is 53.9 Å². The van der Waals surface area contributed by atoms with E-state index in [1.807, 2.05) is 18.3 Å². The maximum Gasteiger partial charge on any atom is 0.169 e. The van der Waals surface area contributed by atoms with Gasteiger partial charge in [-0.2, -0.15) is 0 Å². The normalized spacial score (nSPS) is 10.8. The van der Waals surface area contributed by atoms with Crippen molar-refractivity contribution in [3.8, 4) is 0 Å². The molecule has 2 heterocycles. The number of hydrogen-bond acceptors (Lipinski definition) is 3. The Morgan fingerprint density at radius 1 is 1.44 bits per heavy atom. The summed E-state index contributed by atoms with van der Waals surface area (Å²) in [6.45, 7) is 1.72. The molecule has 0 fully saturated rings. The molecule has 0 aliphatic carbocycles. The number of rotatable bonds is 6. The van der Waals surface area contributed by atoms with Gasteiger partial charge in [0.2, 0.25) is 0 Å². The number of furan rings is 1. The maximum atomic E-state index is 5.37. The van der Waals surface area contributed by atoms with Crippen molar-refractivity contribution in [1.82, 2.24) is 15.3 Å². The van der Waals surface area contributed by atoms with Crippen LogP contribution in [0.4, 0.5) is 0 Å². The van der Waals surface area contributed by atoms with Crippen LogP contribution in [0, 0.1) is 0 Å². The highest BCUT2D eigenvalue weighted by atomic mass is 79.9. The predicted octanol–water partition coefficient (Wildman–Crippen LogP) is 2.49. The number of hydrogen-bond donors (Lipinski definition) is 2. The van der Waals surface area contributed by atoms with Crippen LogP contribution in [0.5, 0.6) is 0 Å². The van der Waals surface area contributed by atoms with E-state index in [4.69, 9.17) is 4.42 Å². The van der Waals surface area contributed by atoms with Crippen LogP contribution >= 0.6 is 15.9 Å². The van der Waals surface area contributed by atoms with Crippen LogP contribution in [-0.2, 0) is 13.0 Å². The molecule has 0 bridgehead atoms. The van der Waals surface area contributed by atoms with E-state index in [2.05, 4.69) is 31.2 Å². The van der Waals surface area contributed by atoms with Gasteiger partial charge in [-0.3, -0.25) is 0 Å². The molecule has 2 rings (SSSR count). The highest BCUT2D eigenvalue weighted by Gasteiger charge is 1.99. The SMILES string of the molecule is Brc1ccc(CNCCCc2ncc[nH]2)o1. The standard InChI is InChI=1S/C11H14BrN3O/c12-10-4-3-9(16-10)8-13-5-1-2-11-14-6-7-15-11/h3-4,6-7,13H,1-2,5,8H2,(H,14,15). The summed E-state index contributed by atoms with van der Waals surface area (Å²) in [7, 11) is 0. The largest absolute Gasteiger partial charge is 0.453 e. The highest BCUT2D eigenvalue weighted by molar-refractivity contribution is 9.10. The van der Waals surface area contributed by atoms with E-state index < -0.39 is 0 Å². The summed E-state index contributed by atoms with van der Waals surface area (Å²) in [5, 5.41) is 3.32. The first-order chi connectivity index (χ1) is 7.84. The molecule has 2 aromatic rings. The zero-order valence-electron chi connectivity index (χ0n) is 8.87. The highest BCUT2D eigenvalue weighted by Crippen LogP contribution is 2.13. The molecule has 16 heavy (non-hydrogen) atoms. The molecular weight excluding hydrogens is 270 g/mol. The molecule has 0 radical (unpaired) electrons. The van der Waals surface area contributed by atoms with E-state index in [1.165, 1.54) is 0 Å². The molecule has 0 aliphatic rings. The average Bonchev–Trinajstić information content (AvgIpc) is 2.89. The Bertz CT molecular complexity index is 411. The summed E-state index contributed by atoms with van der Waals surface area (Å²) in [5.74, 6) is 1.99. The van der Waals surface area contributed by atoms with Crippen molar-refractivity contribution in [1.29, 1.82) is 0 Å². The van der Waals surface area contributed by atoms with Crippen LogP contribution in [0.25, 0.3) is 0 Å². The Hall–Kier alpha value is -1.07. The van der Waals surface area contributed by atoms with E-state index >= 15 is 0 Å². The fourth-order valence-corrected chi connectivity index (χ4v) is 1.81. The molecule has 4 nitrogen and oxygen atoms in total. The van der Waals surface area contributed by atoms with E-state index in [1.54, 1.807) is 6.20 Å². The molecule has 0 atom stereocenters. The Morgan fingerprint density at radius 2 is 2.38 bits per heavy atom. The third-order valence-electron chi connectivity index (χ3n) is 2.25. The summed E-state index contributed by atoms with van der Waals surface area (Å²) in [4.78, 5) is 7.25. The lowest BCUT2D eigenvalue weighted by molar-refractivity contribution is 0.464. The van der Waals surface area contributed by atoms with Crippen LogP contribution in [0.2, 0.25) is 0 Å². The van der Waals surface area contributed by atoms with Crippen LogP contribution in [0.3, 0.4) is 0 Å². The molecule has 86 valence electrons. The van der Waals surface area contributed by atoms with Crippen LogP contribution < -0.4 is 5.32 Å². The molecular formula is C11H14BrN3O. The first kappa shape index (κ1) is 11.4. The lowest BCUT2D eigenvalue weighted by Crippen LogP contribution is -2.15. The van der Waals surface area contributed by atoms with Crippen molar-refractivity contribution in [2.45, 2.75) is 19.4 Å². The number of aromatic nitrogens is 2. The Balaban J connectivity index is 1.59. The third-order valence-corrected chi connectivity index (χ3v) is 2.68. The minimum absolute atomic E-state index is 0.768. The van der Waals surface area contributed by atoms with Gasteiger partial charge in [0, 0.05) is 18.8 Å². The number of halogens is 1. The second-order valence-electron chi connectivity index (χ2n) is 3.52. The second-order valence-corrected chi connectivity index (χ2v) is 4.30. The average molecular weight is 284 g/mol. The number of H-pyrrole nitrogens is 1. The van der Waals surface area contributed by atoms with Crippen molar-refractivity contribution < 1.29 is 4.42 Å². The van der Waals surface area contributed by atoms with Crippen LogP contribution in [0.1, 0.15) is 18.0 Å². The smallest absolute Gasteiger partial charge is 0.169 e. The van der Waals surface area contributed by atoms with Gasteiger partial charge in [-0.1, -0.05) is 0 Å². The lowest BCUT2D eigenvalue weighted by atomic mass is 10.3. The summed E-state index contributed by atoms with van der Waals surface area (Å²) in [6.07, 6.45) is 5.67. The molecule has 0 spiro atoms. The molecule has 5 heteroatoms. The quantitative estimate of drug-likeness (QED) is 0.801.